The van der Waals surface area contributed by atoms with Gasteiger partial charge in [-0.1, -0.05) is 30.3 Å². The third-order valence-corrected chi connectivity index (χ3v) is 2.45. The first-order chi connectivity index (χ1) is 8.60. The van der Waals surface area contributed by atoms with Crippen LogP contribution in [0.5, 0.6) is 0 Å². The molecule has 0 saturated carbocycles. The third kappa shape index (κ3) is 3.38. The number of nitroso groups, excluding NO2 is 1. The van der Waals surface area contributed by atoms with E-state index in [1.165, 1.54) is 14.0 Å². The van der Waals surface area contributed by atoms with Crippen molar-refractivity contribution in [2.24, 2.45) is 5.29 Å². The van der Waals surface area contributed by atoms with Crippen LogP contribution in [0.15, 0.2) is 35.6 Å². The maximum atomic E-state index is 11.6. The summed E-state index contributed by atoms with van der Waals surface area (Å²) in [5.41, 5.74) is 0.808. The van der Waals surface area contributed by atoms with Crippen LogP contribution < -0.4 is 0 Å². The minimum atomic E-state index is -1.03. The maximum absolute atomic E-state index is 11.6. The Bertz CT molecular complexity index is 433. The molecule has 0 aromatic heterocycles. The van der Waals surface area contributed by atoms with Gasteiger partial charge in [-0.3, -0.25) is 4.79 Å². The second-order valence-corrected chi connectivity index (χ2v) is 3.67. The summed E-state index contributed by atoms with van der Waals surface area (Å²) < 4.78 is 4.59. The lowest BCUT2D eigenvalue weighted by molar-refractivity contribution is -0.152. The molecule has 18 heavy (non-hydrogen) atoms. The summed E-state index contributed by atoms with van der Waals surface area (Å²) in [6.45, 7) is 1.17. The van der Waals surface area contributed by atoms with Crippen LogP contribution in [-0.2, 0) is 20.7 Å². The second kappa shape index (κ2) is 6.48. The number of hydrogen-bond acceptors (Lipinski definition) is 5. The summed E-state index contributed by atoms with van der Waals surface area (Å²) in [6, 6.07) is 7.98. The highest BCUT2D eigenvalue weighted by atomic mass is 16.5. The fourth-order valence-corrected chi connectivity index (χ4v) is 1.58. The van der Waals surface area contributed by atoms with E-state index in [1.54, 1.807) is 24.3 Å². The molecule has 1 atom stereocenters. The van der Waals surface area contributed by atoms with Crippen molar-refractivity contribution >= 4 is 11.9 Å². The van der Waals surface area contributed by atoms with Crippen LogP contribution in [0.4, 0.5) is 0 Å². The van der Waals surface area contributed by atoms with Crippen LogP contribution in [0.2, 0.25) is 0 Å². The minimum Gasteiger partial charge on any atom is -0.467 e. The summed E-state index contributed by atoms with van der Waals surface area (Å²) in [6.07, 6.45) is 0.179. The van der Waals surface area contributed by atoms with Gasteiger partial charge in [-0.05, 0) is 5.56 Å². The van der Waals surface area contributed by atoms with Crippen LogP contribution >= 0.6 is 0 Å². The largest absolute Gasteiger partial charge is 0.467 e. The Morgan fingerprint density at radius 2 is 1.94 bits per heavy atom. The monoisotopic (exact) mass is 250 g/mol. The lowest BCUT2D eigenvalue weighted by Crippen LogP contribution is -2.42. The highest BCUT2D eigenvalue weighted by molar-refractivity contribution is 5.83. The van der Waals surface area contributed by atoms with Crippen molar-refractivity contribution in [3.8, 4) is 0 Å². The number of amides is 1. The molecule has 0 radical (unpaired) electrons. The highest BCUT2D eigenvalue weighted by Crippen LogP contribution is 2.11. The van der Waals surface area contributed by atoms with E-state index in [4.69, 9.17) is 0 Å². The predicted octanol–water partition coefficient (Wildman–Crippen LogP) is 1.30. The zero-order valence-electron chi connectivity index (χ0n) is 10.2. The molecular weight excluding hydrogens is 236 g/mol. The summed E-state index contributed by atoms with van der Waals surface area (Å²) in [7, 11) is 1.20. The van der Waals surface area contributed by atoms with Gasteiger partial charge < -0.3 is 4.74 Å². The lowest BCUT2D eigenvalue weighted by atomic mass is 10.1. The molecule has 1 aromatic carbocycles. The van der Waals surface area contributed by atoms with Crippen molar-refractivity contribution in [1.29, 1.82) is 0 Å². The molecular formula is C12H14N2O4. The average molecular weight is 250 g/mol. The van der Waals surface area contributed by atoms with Crippen molar-refractivity contribution in [3.63, 3.8) is 0 Å². The first kappa shape index (κ1) is 13.8. The quantitative estimate of drug-likeness (QED) is 0.448. The molecule has 6 nitrogen and oxygen atoms in total. The van der Waals surface area contributed by atoms with E-state index < -0.39 is 17.9 Å². The maximum Gasteiger partial charge on any atom is 0.331 e. The second-order valence-electron chi connectivity index (χ2n) is 3.67. The summed E-state index contributed by atoms with van der Waals surface area (Å²) in [5, 5.41) is 3.18. The molecule has 0 bridgehead atoms. The number of hydrogen-bond donors (Lipinski definition) is 0. The van der Waals surface area contributed by atoms with Crippen molar-refractivity contribution in [1.82, 2.24) is 5.01 Å². The Balaban J connectivity index is 2.95. The molecule has 0 N–H and O–H groups in total. The molecule has 6 heteroatoms. The van der Waals surface area contributed by atoms with Crippen LogP contribution in [0.3, 0.4) is 0 Å². The Labute approximate surface area is 104 Å². The van der Waals surface area contributed by atoms with E-state index in [0.717, 1.165) is 5.56 Å². The molecule has 0 saturated heterocycles. The van der Waals surface area contributed by atoms with Crippen molar-refractivity contribution in [2.75, 3.05) is 7.11 Å². The Kier molecular flexibility index (Phi) is 4.98. The number of nitrogens with zero attached hydrogens (tertiary/aromatic N) is 2. The number of carbonyl (C=O) groups is 2. The van der Waals surface area contributed by atoms with Crippen LogP contribution in [0.1, 0.15) is 12.5 Å². The Hall–Kier alpha value is -2.24. The SMILES string of the molecule is COC(=O)[C@H](Cc1ccccc1)N(N=O)C(C)=O. The van der Waals surface area contributed by atoms with E-state index in [2.05, 4.69) is 10.0 Å². The van der Waals surface area contributed by atoms with Crippen molar-refractivity contribution < 1.29 is 14.3 Å². The van der Waals surface area contributed by atoms with E-state index >= 15 is 0 Å². The third-order valence-electron chi connectivity index (χ3n) is 2.45. The van der Waals surface area contributed by atoms with Gasteiger partial charge in [-0.15, -0.1) is 4.91 Å². The number of rotatable bonds is 5. The number of methoxy groups -OCH3 is 1. The van der Waals surface area contributed by atoms with Crippen LogP contribution in [-0.4, -0.2) is 30.0 Å². The molecule has 1 amide bonds. The standard InChI is InChI=1S/C12H14N2O4/c1-9(15)14(13-17)11(12(16)18-2)8-10-6-4-3-5-7-10/h3-7,11H,8H2,1-2H3/t11-/m0/s1. The van der Waals surface area contributed by atoms with Gasteiger partial charge in [0.15, 0.2) is 6.04 Å². The number of benzene rings is 1. The molecule has 96 valence electrons. The first-order valence-electron chi connectivity index (χ1n) is 5.35. The smallest absolute Gasteiger partial charge is 0.331 e. The summed E-state index contributed by atoms with van der Waals surface area (Å²) in [5.74, 6) is -1.27. The average Bonchev–Trinajstić information content (AvgIpc) is 2.38. The molecule has 0 spiro atoms. The fourth-order valence-electron chi connectivity index (χ4n) is 1.58. The van der Waals surface area contributed by atoms with Crippen molar-refractivity contribution in [3.05, 3.63) is 40.8 Å². The molecule has 0 aliphatic heterocycles. The molecule has 0 aliphatic carbocycles. The molecule has 0 unspecified atom stereocenters. The first-order valence-corrected chi connectivity index (χ1v) is 5.35. The van der Waals surface area contributed by atoms with Gasteiger partial charge in [-0.2, -0.15) is 5.01 Å². The van der Waals surface area contributed by atoms with Gasteiger partial charge >= 0.3 is 5.97 Å². The molecule has 0 aliphatic rings. The zero-order valence-corrected chi connectivity index (χ0v) is 10.2. The fraction of sp³-hybridized carbons (Fsp3) is 0.333. The number of ether oxygens (including phenoxy) is 1. The Morgan fingerprint density at radius 3 is 2.39 bits per heavy atom. The molecule has 1 aromatic rings. The van der Waals surface area contributed by atoms with Gasteiger partial charge in [0.25, 0.3) is 0 Å². The van der Waals surface area contributed by atoms with Gasteiger partial charge in [0.05, 0.1) is 12.4 Å². The molecule has 1 rings (SSSR count). The summed E-state index contributed by atoms with van der Waals surface area (Å²) >= 11 is 0. The lowest BCUT2D eigenvalue weighted by Gasteiger charge is -2.21. The zero-order chi connectivity index (χ0) is 13.5. The van der Waals surface area contributed by atoms with Gasteiger partial charge in [0, 0.05) is 13.3 Å². The Morgan fingerprint density at radius 1 is 1.33 bits per heavy atom. The number of esters is 1. The van der Waals surface area contributed by atoms with E-state index in [-0.39, 0.29) is 6.42 Å². The predicted molar refractivity (Wildman–Crippen MR) is 64.3 cm³/mol. The molecule has 0 heterocycles. The van der Waals surface area contributed by atoms with Gasteiger partial charge in [0.1, 0.15) is 0 Å². The van der Waals surface area contributed by atoms with Crippen molar-refractivity contribution in [2.45, 2.75) is 19.4 Å². The summed E-state index contributed by atoms with van der Waals surface area (Å²) in [4.78, 5) is 33.5. The van der Waals surface area contributed by atoms with Crippen LogP contribution in [0.25, 0.3) is 0 Å². The minimum absolute atomic E-state index is 0.179. The topological polar surface area (TPSA) is 76.0 Å². The van der Waals surface area contributed by atoms with Gasteiger partial charge in [-0.25, -0.2) is 4.79 Å². The molecule has 0 fully saturated rings. The highest BCUT2D eigenvalue weighted by Gasteiger charge is 2.30. The normalized spacial score (nSPS) is 11.4. The van der Waals surface area contributed by atoms with Crippen LogP contribution in [0, 0.1) is 4.91 Å². The van der Waals surface area contributed by atoms with E-state index in [9.17, 15) is 14.5 Å². The van der Waals surface area contributed by atoms with Gasteiger partial charge in [0.2, 0.25) is 5.91 Å². The van der Waals surface area contributed by atoms with E-state index in [1.807, 2.05) is 6.07 Å². The van der Waals surface area contributed by atoms with E-state index in [0.29, 0.717) is 5.01 Å². The number of carbonyl (C=O) groups excluding carboxylic acids is 2.